The number of halogens is 1. The molecule has 21 heavy (non-hydrogen) atoms. The van der Waals surface area contributed by atoms with Crippen LogP contribution in [0.2, 0.25) is 0 Å². The van der Waals surface area contributed by atoms with Crippen molar-refractivity contribution in [1.29, 1.82) is 0 Å². The maximum Gasteiger partial charge on any atom is 0.253 e. The lowest BCUT2D eigenvalue weighted by Gasteiger charge is -2.44. The summed E-state index contributed by atoms with van der Waals surface area (Å²) in [6, 6.07) is 5.28. The van der Waals surface area contributed by atoms with E-state index in [1.54, 1.807) is 11.8 Å². The van der Waals surface area contributed by atoms with Gasteiger partial charge in [0.25, 0.3) is 5.91 Å². The highest BCUT2D eigenvalue weighted by atomic mass is 79.9. The van der Waals surface area contributed by atoms with Crippen molar-refractivity contribution in [3.63, 3.8) is 0 Å². The predicted octanol–water partition coefficient (Wildman–Crippen LogP) is 3.17. The molecule has 1 aromatic carbocycles. The fourth-order valence-corrected chi connectivity index (χ4v) is 3.16. The van der Waals surface area contributed by atoms with Crippen LogP contribution < -0.4 is 10.2 Å². The average Bonchev–Trinajstić information content (AvgIpc) is 2.47. The molecule has 1 heterocycles. The molecule has 0 aromatic heterocycles. The minimum Gasteiger partial charge on any atom is -0.340 e. The summed E-state index contributed by atoms with van der Waals surface area (Å²) in [6.45, 7) is 7.59. The van der Waals surface area contributed by atoms with Gasteiger partial charge in [-0.15, -0.1) is 0 Å². The normalized spacial score (nSPS) is 21.4. The highest BCUT2D eigenvalue weighted by Gasteiger charge is 2.48. The van der Waals surface area contributed by atoms with E-state index in [2.05, 4.69) is 21.2 Å². The number of benzene rings is 1. The Morgan fingerprint density at radius 1 is 1.29 bits per heavy atom. The third-order valence-corrected chi connectivity index (χ3v) is 4.89. The largest absolute Gasteiger partial charge is 0.340 e. The van der Waals surface area contributed by atoms with Crippen LogP contribution in [0.4, 0.5) is 5.69 Å². The summed E-state index contributed by atoms with van der Waals surface area (Å²) < 4.78 is 0.896. The molecule has 2 rings (SSSR count). The summed E-state index contributed by atoms with van der Waals surface area (Å²) in [7, 11) is 0. The van der Waals surface area contributed by atoms with Gasteiger partial charge in [-0.3, -0.25) is 14.5 Å². The Kier molecular flexibility index (Phi) is 4.42. The summed E-state index contributed by atoms with van der Waals surface area (Å²) in [5, 5.41) is 2.92. The van der Waals surface area contributed by atoms with Crippen molar-refractivity contribution >= 4 is 33.4 Å². The van der Waals surface area contributed by atoms with Crippen molar-refractivity contribution in [3.8, 4) is 0 Å². The van der Waals surface area contributed by atoms with Crippen LogP contribution in [0.25, 0.3) is 0 Å². The van der Waals surface area contributed by atoms with Gasteiger partial charge in [-0.05, 0) is 44.4 Å². The van der Waals surface area contributed by atoms with Crippen LogP contribution in [0.5, 0.6) is 0 Å². The number of rotatable bonds is 3. The Labute approximate surface area is 134 Å². The summed E-state index contributed by atoms with van der Waals surface area (Å²) >= 11 is 3.44. The van der Waals surface area contributed by atoms with Crippen LogP contribution >= 0.6 is 15.9 Å². The van der Waals surface area contributed by atoms with Gasteiger partial charge in [-0.25, -0.2) is 0 Å². The molecule has 1 fully saturated rings. The van der Waals surface area contributed by atoms with Crippen LogP contribution in [-0.2, 0) is 9.59 Å². The predicted molar refractivity (Wildman–Crippen MR) is 87.3 cm³/mol. The maximum atomic E-state index is 13.0. The van der Waals surface area contributed by atoms with Crippen molar-refractivity contribution in [2.24, 2.45) is 0 Å². The molecule has 1 aliphatic rings. The van der Waals surface area contributed by atoms with Crippen molar-refractivity contribution < 1.29 is 9.59 Å². The third kappa shape index (κ3) is 2.59. The van der Waals surface area contributed by atoms with Gasteiger partial charge in [0, 0.05) is 10.2 Å². The zero-order valence-corrected chi connectivity index (χ0v) is 14.5. The molecular formula is C16H21BrN2O2. The summed E-state index contributed by atoms with van der Waals surface area (Å²) in [5.74, 6) is -0.126. The smallest absolute Gasteiger partial charge is 0.253 e. The first-order valence-corrected chi connectivity index (χ1v) is 8.07. The first-order valence-electron chi connectivity index (χ1n) is 7.28. The highest BCUT2D eigenvalue weighted by molar-refractivity contribution is 9.10. The molecule has 0 bridgehead atoms. The van der Waals surface area contributed by atoms with Crippen molar-refractivity contribution in [1.82, 2.24) is 5.32 Å². The highest BCUT2D eigenvalue weighted by Crippen LogP contribution is 2.33. The minimum atomic E-state index is -0.793. The van der Waals surface area contributed by atoms with E-state index < -0.39 is 11.6 Å². The van der Waals surface area contributed by atoms with Gasteiger partial charge in [0.1, 0.15) is 11.6 Å². The molecule has 1 aliphatic heterocycles. The standard InChI is InChI=1S/C16H21BrN2O2/c1-5-16(6-2)15(21)19(11(4)14(20)18-16)13-9-12(17)8-7-10(13)3/h7-9,11H,5-6H2,1-4H3,(H,18,20). The van der Waals surface area contributed by atoms with E-state index in [1.165, 1.54) is 0 Å². The van der Waals surface area contributed by atoms with Crippen LogP contribution in [0.3, 0.4) is 0 Å². The van der Waals surface area contributed by atoms with E-state index in [0.29, 0.717) is 12.8 Å². The summed E-state index contributed by atoms with van der Waals surface area (Å²) in [4.78, 5) is 27.0. The molecule has 0 radical (unpaired) electrons. The molecule has 4 nitrogen and oxygen atoms in total. The molecular weight excluding hydrogens is 332 g/mol. The minimum absolute atomic E-state index is 0.0270. The number of aryl methyl sites for hydroxylation is 1. The lowest BCUT2D eigenvalue weighted by molar-refractivity contribution is -0.138. The number of hydrogen-bond donors (Lipinski definition) is 1. The average molecular weight is 353 g/mol. The van der Waals surface area contributed by atoms with Crippen LogP contribution in [0.15, 0.2) is 22.7 Å². The second-order valence-corrected chi connectivity index (χ2v) is 6.48. The quantitative estimate of drug-likeness (QED) is 0.908. The van der Waals surface area contributed by atoms with Gasteiger partial charge in [-0.2, -0.15) is 0 Å². The second kappa shape index (κ2) is 5.79. The summed E-state index contributed by atoms with van der Waals surface area (Å²) in [6.07, 6.45) is 1.18. The van der Waals surface area contributed by atoms with Crippen molar-refractivity contribution in [3.05, 3.63) is 28.2 Å². The number of carbonyl (C=O) groups excluding carboxylic acids is 2. The zero-order chi connectivity index (χ0) is 15.8. The molecule has 0 aliphatic carbocycles. The van der Waals surface area contributed by atoms with Gasteiger partial charge >= 0.3 is 0 Å². The van der Waals surface area contributed by atoms with Gasteiger partial charge in [-0.1, -0.05) is 35.8 Å². The maximum absolute atomic E-state index is 13.0. The number of carbonyl (C=O) groups is 2. The molecule has 0 saturated carbocycles. The fourth-order valence-electron chi connectivity index (χ4n) is 2.81. The number of hydrogen-bond acceptors (Lipinski definition) is 2. The molecule has 5 heteroatoms. The van der Waals surface area contributed by atoms with Crippen LogP contribution in [-0.4, -0.2) is 23.4 Å². The number of nitrogens with one attached hydrogen (secondary N) is 1. The van der Waals surface area contributed by atoms with E-state index in [-0.39, 0.29) is 11.8 Å². The van der Waals surface area contributed by atoms with E-state index >= 15 is 0 Å². The number of piperazine rings is 1. The molecule has 1 atom stereocenters. The molecule has 0 spiro atoms. The SMILES string of the molecule is CCC1(CC)NC(=O)C(C)N(c2cc(Br)ccc2C)C1=O. The first-order chi connectivity index (χ1) is 9.86. The van der Waals surface area contributed by atoms with Crippen LogP contribution in [0.1, 0.15) is 39.2 Å². The van der Waals surface area contributed by atoms with E-state index in [9.17, 15) is 9.59 Å². The Hall–Kier alpha value is -1.36. The van der Waals surface area contributed by atoms with Crippen molar-refractivity contribution in [2.75, 3.05) is 4.90 Å². The molecule has 2 amide bonds. The molecule has 1 saturated heterocycles. The Morgan fingerprint density at radius 3 is 2.48 bits per heavy atom. The summed E-state index contributed by atoms with van der Waals surface area (Å²) in [5.41, 5.74) is 0.982. The number of anilines is 1. The zero-order valence-electron chi connectivity index (χ0n) is 12.9. The number of nitrogens with zero attached hydrogens (tertiary/aromatic N) is 1. The topological polar surface area (TPSA) is 49.4 Å². The van der Waals surface area contributed by atoms with Gasteiger partial charge in [0.05, 0.1) is 0 Å². The van der Waals surface area contributed by atoms with Gasteiger partial charge in [0.2, 0.25) is 5.91 Å². The fraction of sp³-hybridized carbons (Fsp3) is 0.500. The van der Waals surface area contributed by atoms with Crippen molar-refractivity contribution in [2.45, 2.75) is 52.1 Å². The number of amides is 2. The van der Waals surface area contributed by atoms with Gasteiger partial charge in [0.15, 0.2) is 0 Å². The molecule has 1 unspecified atom stereocenters. The molecule has 114 valence electrons. The van der Waals surface area contributed by atoms with E-state index in [4.69, 9.17) is 0 Å². The lowest BCUT2D eigenvalue weighted by Crippen LogP contribution is -2.69. The lowest BCUT2D eigenvalue weighted by atomic mass is 9.87. The third-order valence-electron chi connectivity index (χ3n) is 4.40. The monoisotopic (exact) mass is 352 g/mol. The molecule has 1 N–H and O–H groups in total. The molecule has 1 aromatic rings. The Bertz CT molecular complexity index is 582. The van der Waals surface area contributed by atoms with Gasteiger partial charge < -0.3 is 5.32 Å². The van der Waals surface area contributed by atoms with E-state index in [0.717, 1.165) is 15.7 Å². The van der Waals surface area contributed by atoms with E-state index in [1.807, 2.05) is 39.0 Å². The Morgan fingerprint density at radius 2 is 1.90 bits per heavy atom. The van der Waals surface area contributed by atoms with Crippen LogP contribution in [0, 0.1) is 6.92 Å². The second-order valence-electron chi connectivity index (χ2n) is 5.56. The first kappa shape index (κ1) is 16.0. The Balaban J connectivity index is 2.56.